The van der Waals surface area contributed by atoms with Gasteiger partial charge in [0.2, 0.25) is 0 Å². The number of aliphatic carboxylic acids is 1. The number of benzene rings is 1. The summed E-state index contributed by atoms with van der Waals surface area (Å²) < 4.78 is 0. The van der Waals surface area contributed by atoms with Crippen molar-refractivity contribution in [2.75, 3.05) is 18.9 Å². The van der Waals surface area contributed by atoms with Crippen LogP contribution in [0.5, 0.6) is 0 Å². The number of nitrogens with zero attached hydrogens (tertiary/aromatic N) is 1. The lowest BCUT2D eigenvalue weighted by molar-refractivity contribution is -0.136. The van der Waals surface area contributed by atoms with Gasteiger partial charge in [-0.05, 0) is 36.0 Å². The van der Waals surface area contributed by atoms with E-state index in [4.69, 9.17) is 5.11 Å². The molecule has 20 heavy (non-hydrogen) atoms. The fourth-order valence-corrected chi connectivity index (χ4v) is 2.24. The fraction of sp³-hybridized carbons (Fsp3) is 0.467. The summed E-state index contributed by atoms with van der Waals surface area (Å²) in [6.45, 7) is 2.95. The summed E-state index contributed by atoms with van der Waals surface area (Å²) in [4.78, 5) is 24.4. The van der Waals surface area contributed by atoms with E-state index < -0.39 is 5.97 Å². The smallest absolute Gasteiger partial charge is 0.321 e. The number of hydrogen-bond acceptors (Lipinski definition) is 2. The molecular weight excluding hydrogens is 256 g/mol. The van der Waals surface area contributed by atoms with Crippen molar-refractivity contribution in [2.45, 2.75) is 19.8 Å². The van der Waals surface area contributed by atoms with E-state index in [0.717, 1.165) is 6.54 Å². The van der Waals surface area contributed by atoms with Crippen LogP contribution in [0.2, 0.25) is 0 Å². The molecule has 5 heteroatoms. The van der Waals surface area contributed by atoms with E-state index in [1.165, 1.54) is 6.42 Å². The van der Waals surface area contributed by atoms with Gasteiger partial charge >= 0.3 is 12.0 Å². The maximum atomic E-state index is 12.0. The number of carbonyl (C=O) groups is 2. The van der Waals surface area contributed by atoms with Crippen LogP contribution in [-0.4, -0.2) is 35.6 Å². The summed E-state index contributed by atoms with van der Waals surface area (Å²) in [5.41, 5.74) is 1.30. The molecule has 1 saturated carbocycles. The lowest BCUT2D eigenvalue weighted by Gasteiger charge is -2.18. The highest BCUT2D eigenvalue weighted by Gasteiger charge is 2.34. The molecule has 2 atom stereocenters. The van der Waals surface area contributed by atoms with Crippen molar-refractivity contribution in [1.82, 2.24) is 4.90 Å². The lowest BCUT2D eigenvalue weighted by Crippen LogP contribution is -2.33. The SMILES string of the molecule is CC1CC1CN(C)C(=O)Nc1cccc(CC(=O)O)c1. The number of rotatable bonds is 5. The Morgan fingerprint density at radius 3 is 2.75 bits per heavy atom. The van der Waals surface area contributed by atoms with Crippen molar-refractivity contribution in [2.24, 2.45) is 11.8 Å². The van der Waals surface area contributed by atoms with Gasteiger partial charge in [0.25, 0.3) is 0 Å². The van der Waals surface area contributed by atoms with Gasteiger partial charge in [-0.15, -0.1) is 0 Å². The highest BCUT2D eigenvalue weighted by Crippen LogP contribution is 2.37. The molecule has 1 aromatic carbocycles. The molecule has 0 heterocycles. The molecule has 1 fully saturated rings. The molecule has 0 aliphatic heterocycles. The van der Waals surface area contributed by atoms with Gasteiger partial charge < -0.3 is 15.3 Å². The third-order valence-corrected chi connectivity index (χ3v) is 3.66. The third-order valence-electron chi connectivity index (χ3n) is 3.66. The van der Waals surface area contributed by atoms with Gasteiger partial charge in [0, 0.05) is 19.3 Å². The normalized spacial score (nSPS) is 20.3. The zero-order valence-corrected chi connectivity index (χ0v) is 11.8. The summed E-state index contributed by atoms with van der Waals surface area (Å²) in [6.07, 6.45) is 1.14. The number of nitrogens with one attached hydrogen (secondary N) is 1. The number of carbonyl (C=O) groups excluding carboxylic acids is 1. The minimum Gasteiger partial charge on any atom is -0.481 e. The topological polar surface area (TPSA) is 69.6 Å². The second kappa shape index (κ2) is 5.94. The average Bonchev–Trinajstić information content (AvgIpc) is 3.04. The number of urea groups is 1. The minimum atomic E-state index is -0.881. The van der Waals surface area contributed by atoms with Gasteiger partial charge in [0.1, 0.15) is 0 Å². The predicted molar refractivity (Wildman–Crippen MR) is 76.7 cm³/mol. The first-order chi connectivity index (χ1) is 9.45. The summed E-state index contributed by atoms with van der Waals surface area (Å²) in [7, 11) is 1.78. The average molecular weight is 276 g/mol. The van der Waals surface area contributed by atoms with Crippen LogP contribution >= 0.6 is 0 Å². The van der Waals surface area contributed by atoms with Crippen LogP contribution in [-0.2, 0) is 11.2 Å². The first-order valence-corrected chi connectivity index (χ1v) is 6.78. The second-order valence-electron chi connectivity index (χ2n) is 5.55. The van der Waals surface area contributed by atoms with E-state index in [9.17, 15) is 9.59 Å². The quantitative estimate of drug-likeness (QED) is 0.867. The molecule has 2 unspecified atom stereocenters. The highest BCUT2D eigenvalue weighted by atomic mass is 16.4. The third kappa shape index (κ3) is 3.98. The number of carboxylic acids is 1. The van der Waals surface area contributed by atoms with Crippen LogP contribution < -0.4 is 5.32 Å². The van der Waals surface area contributed by atoms with Crippen LogP contribution in [0, 0.1) is 11.8 Å². The molecule has 5 nitrogen and oxygen atoms in total. The lowest BCUT2D eigenvalue weighted by atomic mass is 10.1. The van der Waals surface area contributed by atoms with Gasteiger partial charge in [-0.3, -0.25) is 4.79 Å². The van der Waals surface area contributed by atoms with Crippen LogP contribution in [0.1, 0.15) is 18.9 Å². The number of anilines is 1. The standard InChI is InChI=1S/C15H20N2O3/c1-10-6-12(10)9-17(2)15(20)16-13-5-3-4-11(7-13)8-14(18)19/h3-5,7,10,12H,6,8-9H2,1-2H3,(H,16,20)(H,18,19). The molecule has 1 aliphatic carbocycles. The minimum absolute atomic E-state index is 0.0425. The van der Waals surface area contributed by atoms with Gasteiger partial charge in [0.05, 0.1) is 6.42 Å². The van der Waals surface area contributed by atoms with E-state index in [-0.39, 0.29) is 12.5 Å². The molecule has 0 spiro atoms. The molecule has 108 valence electrons. The van der Waals surface area contributed by atoms with Crippen molar-refractivity contribution in [3.8, 4) is 0 Å². The van der Waals surface area contributed by atoms with Crippen molar-refractivity contribution in [1.29, 1.82) is 0 Å². The maximum Gasteiger partial charge on any atom is 0.321 e. The zero-order valence-electron chi connectivity index (χ0n) is 11.8. The number of amides is 2. The van der Waals surface area contributed by atoms with Crippen molar-refractivity contribution in [3.63, 3.8) is 0 Å². The monoisotopic (exact) mass is 276 g/mol. The predicted octanol–water partition coefficient (Wildman–Crippen LogP) is 2.43. The van der Waals surface area contributed by atoms with Gasteiger partial charge in [-0.2, -0.15) is 0 Å². The Kier molecular flexibility index (Phi) is 4.27. The van der Waals surface area contributed by atoms with E-state index in [1.807, 2.05) is 0 Å². The Morgan fingerprint density at radius 2 is 2.15 bits per heavy atom. The summed E-state index contributed by atoms with van der Waals surface area (Å²) in [5.74, 6) is 0.446. The molecule has 2 amide bonds. The maximum absolute atomic E-state index is 12.0. The zero-order chi connectivity index (χ0) is 14.7. The Morgan fingerprint density at radius 1 is 1.45 bits per heavy atom. The van der Waals surface area contributed by atoms with Gasteiger partial charge in [0.15, 0.2) is 0 Å². The van der Waals surface area contributed by atoms with E-state index in [0.29, 0.717) is 23.1 Å². The summed E-state index contributed by atoms with van der Waals surface area (Å²) >= 11 is 0. The van der Waals surface area contributed by atoms with Gasteiger partial charge in [-0.25, -0.2) is 4.79 Å². The molecule has 0 aromatic heterocycles. The molecule has 1 aliphatic rings. The molecule has 2 N–H and O–H groups in total. The summed E-state index contributed by atoms with van der Waals surface area (Å²) in [5, 5.41) is 11.6. The number of carboxylic acid groups (broad SMARTS) is 1. The van der Waals surface area contributed by atoms with Gasteiger partial charge in [-0.1, -0.05) is 19.1 Å². The first kappa shape index (κ1) is 14.4. The van der Waals surface area contributed by atoms with Crippen molar-refractivity contribution >= 4 is 17.7 Å². The summed E-state index contributed by atoms with van der Waals surface area (Å²) in [6, 6.07) is 6.78. The molecule has 1 aromatic rings. The van der Waals surface area contributed by atoms with Crippen molar-refractivity contribution < 1.29 is 14.7 Å². The van der Waals surface area contributed by atoms with Crippen molar-refractivity contribution in [3.05, 3.63) is 29.8 Å². The number of hydrogen-bond donors (Lipinski definition) is 2. The Labute approximate surface area is 118 Å². The molecule has 0 bridgehead atoms. The van der Waals surface area contributed by atoms with Crippen LogP contribution in [0.15, 0.2) is 24.3 Å². The van der Waals surface area contributed by atoms with Crippen LogP contribution in [0.4, 0.5) is 10.5 Å². The first-order valence-electron chi connectivity index (χ1n) is 6.78. The van der Waals surface area contributed by atoms with E-state index in [2.05, 4.69) is 12.2 Å². The van der Waals surface area contributed by atoms with Crippen LogP contribution in [0.25, 0.3) is 0 Å². The van der Waals surface area contributed by atoms with E-state index >= 15 is 0 Å². The second-order valence-corrected chi connectivity index (χ2v) is 5.55. The molecule has 2 rings (SSSR count). The largest absolute Gasteiger partial charge is 0.481 e. The molecule has 0 radical (unpaired) electrons. The Balaban J connectivity index is 1.91. The highest BCUT2D eigenvalue weighted by molar-refractivity contribution is 5.89. The Bertz CT molecular complexity index is 516. The van der Waals surface area contributed by atoms with Crippen LogP contribution in [0.3, 0.4) is 0 Å². The Hall–Kier alpha value is -2.04. The molecular formula is C15H20N2O3. The molecule has 0 saturated heterocycles. The van der Waals surface area contributed by atoms with E-state index in [1.54, 1.807) is 36.2 Å². The fourth-order valence-electron chi connectivity index (χ4n) is 2.24.